The summed E-state index contributed by atoms with van der Waals surface area (Å²) < 4.78 is 11.0. The van der Waals surface area contributed by atoms with Gasteiger partial charge in [0.15, 0.2) is 0 Å². The summed E-state index contributed by atoms with van der Waals surface area (Å²) in [7, 11) is 0. The Bertz CT molecular complexity index is 469. The molecule has 1 aliphatic rings. The second-order valence-corrected chi connectivity index (χ2v) is 5.75. The van der Waals surface area contributed by atoms with Crippen LogP contribution >= 0.6 is 0 Å². The second-order valence-electron chi connectivity index (χ2n) is 5.75. The maximum absolute atomic E-state index is 11.9. The summed E-state index contributed by atoms with van der Waals surface area (Å²) in [5.74, 6) is 0.759. The van der Waals surface area contributed by atoms with Gasteiger partial charge in [0.05, 0.1) is 6.54 Å². The number of hydrogen-bond acceptors (Lipinski definition) is 6. The summed E-state index contributed by atoms with van der Waals surface area (Å²) >= 11 is 0. The van der Waals surface area contributed by atoms with Crippen molar-refractivity contribution >= 4 is 11.9 Å². The number of ether oxygens (including phenoxy) is 2. The van der Waals surface area contributed by atoms with Crippen molar-refractivity contribution in [1.82, 2.24) is 15.1 Å². The number of nitrogens with two attached hydrogens (primary N) is 1. The van der Waals surface area contributed by atoms with Gasteiger partial charge in [-0.25, -0.2) is 4.79 Å². The molecule has 1 aromatic heterocycles. The monoisotopic (exact) mass is 280 g/mol. The van der Waals surface area contributed by atoms with Crippen molar-refractivity contribution in [3.8, 4) is 5.88 Å². The highest BCUT2D eigenvalue weighted by Gasteiger charge is 2.31. The molecule has 0 aliphatic carbocycles. The van der Waals surface area contributed by atoms with Crippen molar-refractivity contribution in [2.45, 2.75) is 38.9 Å². The molecule has 2 rings (SSSR count). The normalized spacial score (nSPS) is 18.9. The topological polar surface area (TPSA) is 90.6 Å². The fourth-order valence-electron chi connectivity index (χ4n) is 1.88. The minimum absolute atomic E-state index is 0.0968. The summed E-state index contributed by atoms with van der Waals surface area (Å²) in [4.78, 5) is 13.5. The third-order valence-electron chi connectivity index (χ3n) is 2.74. The van der Waals surface area contributed by atoms with Gasteiger partial charge in [0.1, 0.15) is 17.5 Å². The minimum Gasteiger partial charge on any atom is -0.471 e. The molecule has 1 aromatic rings. The number of hydrogen-bond donors (Lipinski definition) is 1. The van der Waals surface area contributed by atoms with Gasteiger partial charge in [0.25, 0.3) is 0 Å². The van der Waals surface area contributed by atoms with Crippen molar-refractivity contribution in [1.29, 1.82) is 0 Å². The van der Waals surface area contributed by atoms with E-state index in [0.717, 1.165) is 6.42 Å². The highest BCUT2D eigenvalue weighted by molar-refractivity contribution is 5.68. The SMILES string of the molecule is CC(C)(C)OC(=O)N1CCC(Oc2ccc(N)nn2)C1. The van der Waals surface area contributed by atoms with E-state index >= 15 is 0 Å². The first-order chi connectivity index (χ1) is 9.33. The average molecular weight is 280 g/mol. The molecule has 7 heteroatoms. The smallest absolute Gasteiger partial charge is 0.410 e. The van der Waals surface area contributed by atoms with Crippen molar-refractivity contribution in [2.24, 2.45) is 0 Å². The third kappa shape index (κ3) is 3.97. The lowest BCUT2D eigenvalue weighted by Crippen LogP contribution is -2.36. The summed E-state index contributed by atoms with van der Waals surface area (Å²) in [5.41, 5.74) is 4.97. The van der Waals surface area contributed by atoms with Crippen molar-refractivity contribution in [3.63, 3.8) is 0 Å². The number of anilines is 1. The number of carbonyl (C=O) groups is 1. The van der Waals surface area contributed by atoms with Gasteiger partial charge in [-0.1, -0.05) is 0 Å². The Morgan fingerprint density at radius 1 is 1.40 bits per heavy atom. The van der Waals surface area contributed by atoms with E-state index in [0.29, 0.717) is 24.8 Å². The maximum atomic E-state index is 11.9. The number of carbonyl (C=O) groups excluding carboxylic acids is 1. The van der Waals surface area contributed by atoms with Gasteiger partial charge in [0.2, 0.25) is 5.88 Å². The number of likely N-dealkylation sites (tertiary alicyclic amines) is 1. The predicted molar refractivity (Wildman–Crippen MR) is 73.3 cm³/mol. The highest BCUT2D eigenvalue weighted by atomic mass is 16.6. The summed E-state index contributed by atoms with van der Waals surface area (Å²) in [6.07, 6.45) is 0.332. The van der Waals surface area contributed by atoms with Gasteiger partial charge in [-0.3, -0.25) is 0 Å². The average Bonchev–Trinajstić information content (AvgIpc) is 2.79. The molecular formula is C13H20N4O3. The Morgan fingerprint density at radius 2 is 2.15 bits per heavy atom. The number of rotatable bonds is 2. The molecule has 7 nitrogen and oxygen atoms in total. The molecule has 0 spiro atoms. The van der Waals surface area contributed by atoms with Crippen LogP contribution in [0.2, 0.25) is 0 Å². The van der Waals surface area contributed by atoms with E-state index in [1.54, 1.807) is 17.0 Å². The predicted octanol–water partition coefficient (Wildman–Crippen LogP) is 1.45. The lowest BCUT2D eigenvalue weighted by molar-refractivity contribution is 0.0275. The lowest BCUT2D eigenvalue weighted by atomic mass is 10.2. The molecule has 2 N–H and O–H groups in total. The first kappa shape index (κ1) is 14.4. The lowest BCUT2D eigenvalue weighted by Gasteiger charge is -2.24. The van der Waals surface area contributed by atoms with Crippen molar-refractivity contribution < 1.29 is 14.3 Å². The van der Waals surface area contributed by atoms with Crippen LogP contribution in [-0.2, 0) is 4.74 Å². The van der Waals surface area contributed by atoms with Crippen LogP contribution in [0.5, 0.6) is 5.88 Å². The standard InChI is InChI=1S/C13H20N4O3/c1-13(2,3)20-12(18)17-7-6-9(8-17)19-11-5-4-10(14)15-16-11/h4-5,9H,6-8H2,1-3H3,(H2,14,15). The Balaban J connectivity index is 1.86. The molecule has 0 radical (unpaired) electrons. The fourth-order valence-corrected chi connectivity index (χ4v) is 1.88. The first-order valence-corrected chi connectivity index (χ1v) is 6.57. The van der Waals surface area contributed by atoms with Crippen LogP contribution < -0.4 is 10.5 Å². The van der Waals surface area contributed by atoms with Crippen LogP contribution in [0.4, 0.5) is 10.6 Å². The minimum atomic E-state index is -0.488. The van der Waals surface area contributed by atoms with E-state index in [1.807, 2.05) is 20.8 Å². The zero-order chi connectivity index (χ0) is 14.8. The van der Waals surface area contributed by atoms with Gasteiger partial charge < -0.3 is 20.1 Å². The van der Waals surface area contributed by atoms with Crippen LogP contribution in [0.1, 0.15) is 27.2 Å². The van der Waals surface area contributed by atoms with Crippen LogP contribution in [0, 0.1) is 0 Å². The second kappa shape index (κ2) is 5.52. The summed E-state index contributed by atoms with van der Waals surface area (Å²) in [6.45, 7) is 6.64. The molecule has 1 atom stereocenters. The molecule has 1 unspecified atom stereocenters. The Hall–Kier alpha value is -2.05. The quantitative estimate of drug-likeness (QED) is 0.881. The molecule has 0 saturated carbocycles. The molecule has 2 heterocycles. The van der Waals surface area contributed by atoms with Crippen molar-refractivity contribution in [2.75, 3.05) is 18.8 Å². The van der Waals surface area contributed by atoms with E-state index in [4.69, 9.17) is 15.2 Å². The van der Waals surface area contributed by atoms with E-state index in [2.05, 4.69) is 10.2 Å². The van der Waals surface area contributed by atoms with E-state index < -0.39 is 5.60 Å². The van der Waals surface area contributed by atoms with E-state index in [1.165, 1.54) is 0 Å². The first-order valence-electron chi connectivity index (χ1n) is 6.57. The molecular weight excluding hydrogens is 260 g/mol. The van der Waals surface area contributed by atoms with Crippen LogP contribution in [0.3, 0.4) is 0 Å². The molecule has 1 saturated heterocycles. The summed E-state index contributed by atoms with van der Waals surface area (Å²) in [6, 6.07) is 3.29. The number of aromatic nitrogens is 2. The molecule has 0 aromatic carbocycles. The molecule has 0 bridgehead atoms. The number of nitrogens with zero attached hydrogens (tertiary/aromatic N) is 3. The maximum Gasteiger partial charge on any atom is 0.410 e. The Kier molecular flexibility index (Phi) is 3.96. The third-order valence-corrected chi connectivity index (χ3v) is 2.74. The van der Waals surface area contributed by atoms with Crippen molar-refractivity contribution in [3.05, 3.63) is 12.1 Å². The van der Waals surface area contributed by atoms with E-state index in [-0.39, 0.29) is 12.2 Å². The van der Waals surface area contributed by atoms with Crippen LogP contribution in [0.15, 0.2) is 12.1 Å². The number of amides is 1. The molecule has 1 amide bonds. The van der Waals surface area contributed by atoms with Crippen LogP contribution in [-0.4, -0.2) is 46.0 Å². The molecule has 110 valence electrons. The number of nitrogen functional groups attached to an aromatic ring is 1. The highest BCUT2D eigenvalue weighted by Crippen LogP contribution is 2.19. The van der Waals surface area contributed by atoms with Crippen LogP contribution in [0.25, 0.3) is 0 Å². The van der Waals surface area contributed by atoms with Gasteiger partial charge in [-0.05, 0) is 26.8 Å². The largest absolute Gasteiger partial charge is 0.471 e. The van der Waals surface area contributed by atoms with E-state index in [9.17, 15) is 4.79 Å². The zero-order valence-corrected chi connectivity index (χ0v) is 12.0. The Labute approximate surface area is 118 Å². The zero-order valence-electron chi connectivity index (χ0n) is 12.0. The van der Waals surface area contributed by atoms with Gasteiger partial charge >= 0.3 is 6.09 Å². The molecule has 1 aliphatic heterocycles. The van der Waals surface area contributed by atoms with Gasteiger partial charge in [-0.15, -0.1) is 10.2 Å². The molecule has 20 heavy (non-hydrogen) atoms. The van der Waals surface area contributed by atoms with Gasteiger partial charge in [-0.2, -0.15) is 0 Å². The van der Waals surface area contributed by atoms with Gasteiger partial charge in [0, 0.05) is 19.0 Å². The summed E-state index contributed by atoms with van der Waals surface area (Å²) in [5, 5.41) is 7.56. The fraction of sp³-hybridized carbons (Fsp3) is 0.615. The molecule has 1 fully saturated rings. The Morgan fingerprint density at radius 3 is 2.75 bits per heavy atom.